The van der Waals surface area contributed by atoms with Crippen molar-refractivity contribution in [3.63, 3.8) is 0 Å². The van der Waals surface area contributed by atoms with E-state index in [9.17, 15) is 4.79 Å². The van der Waals surface area contributed by atoms with E-state index in [2.05, 4.69) is 32.0 Å². The third-order valence-corrected chi connectivity index (χ3v) is 5.98. The molecule has 1 aliphatic heterocycles. The van der Waals surface area contributed by atoms with Gasteiger partial charge in [0.05, 0.1) is 11.7 Å². The molecular weight excluding hydrogens is 342 g/mol. The molecule has 0 bridgehead atoms. The van der Waals surface area contributed by atoms with E-state index in [-0.39, 0.29) is 17.2 Å². The summed E-state index contributed by atoms with van der Waals surface area (Å²) in [6, 6.07) is 2.30. The first-order valence-electron chi connectivity index (χ1n) is 9.53. The molecule has 2 fully saturated rings. The van der Waals surface area contributed by atoms with Crippen LogP contribution in [0.1, 0.15) is 39.5 Å². The average molecular weight is 365 g/mol. The standard InChI is InChI=1S/C20H23N5O2/c1-20(2)13-7-6-12(10-15(13)23-18(20)26)22-19-24-14-8-9-27-16(14)17(25-19)21-11-4-3-5-11/h6,8-11,13H,3-5,7H2,1-2H3,(H,23,26)(H2,21,22,24,25). The van der Waals surface area contributed by atoms with Gasteiger partial charge in [-0.3, -0.25) is 4.79 Å². The minimum absolute atomic E-state index is 0.0800. The lowest BCUT2D eigenvalue weighted by Gasteiger charge is -2.27. The fraction of sp³-hybridized carbons (Fsp3) is 0.450. The number of anilines is 2. The largest absolute Gasteiger partial charge is 0.459 e. The van der Waals surface area contributed by atoms with Crippen LogP contribution in [0.15, 0.2) is 40.3 Å². The Morgan fingerprint density at radius 3 is 2.93 bits per heavy atom. The molecule has 1 saturated heterocycles. The summed E-state index contributed by atoms with van der Waals surface area (Å²) in [4.78, 5) is 21.4. The maximum absolute atomic E-state index is 12.2. The van der Waals surface area contributed by atoms with Crippen LogP contribution in [0.5, 0.6) is 0 Å². The predicted molar refractivity (Wildman–Crippen MR) is 103 cm³/mol. The van der Waals surface area contributed by atoms with E-state index in [4.69, 9.17) is 4.42 Å². The minimum atomic E-state index is -0.375. The van der Waals surface area contributed by atoms with Gasteiger partial charge in [0.25, 0.3) is 0 Å². The van der Waals surface area contributed by atoms with E-state index in [0.717, 1.165) is 42.0 Å². The Morgan fingerprint density at radius 1 is 1.30 bits per heavy atom. The quantitative estimate of drug-likeness (QED) is 0.767. The summed E-state index contributed by atoms with van der Waals surface area (Å²) in [5, 5.41) is 9.77. The molecule has 7 heteroatoms. The first-order chi connectivity index (χ1) is 13.0. The Kier molecular flexibility index (Phi) is 3.54. The second-order valence-corrected chi connectivity index (χ2v) is 8.15. The van der Waals surface area contributed by atoms with Crippen molar-refractivity contribution in [3.05, 3.63) is 35.9 Å². The predicted octanol–water partition coefficient (Wildman–Crippen LogP) is 3.54. The Morgan fingerprint density at radius 2 is 2.15 bits per heavy atom. The lowest BCUT2D eigenvalue weighted by molar-refractivity contribution is -0.127. The summed E-state index contributed by atoms with van der Waals surface area (Å²) < 4.78 is 5.57. The number of allylic oxidation sites excluding steroid dienone is 3. The van der Waals surface area contributed by atoms with Crippen LogP contribution in [0, 0.1) is 11.3 Å². The summed E-state index contributed by atoms with van der Waals surface area (Å²) in [7, 11) is 0. The van der Waals surface area contributed by atoms with Gasteiger partial charge in [0.2, 0.25) is 11.9 Å². The lowest BCUT2D eigenvalue weighted by Crippen LogP contribution is -2.28. The topological polar surface area (TPSA) is 92.1 Å². The van der Waals surface area contributed by atoms with E-state index < -0.39 is 0 Å². The van der Waals surface area contributed by atoms with Crippen LogP contribution >= 0.6 is 0 Å². The molecule has 27 heavy (non-hydrogen) atoms. The zero-order valence-corrected chi connectivity index (χ0v) is 15.5. The smallest absolute Gasteiger partial charge is 0.230 e. The number of amides is 1. The van der Waals surface area contributed by atoms with Gasteiger partial charge in [0, 0.05) is 29.4 Å². The maximum atomic E-state index is 12.2. The molecule has 7 nitrogen and oxygen atoms in total. The third kappa shape index (κ3) is 2.69. The summed E-state index contributed by atoms with van der Waals surface area (Å²) in [5.41, 5.74) is 2.95. The first kappa shape index (κ1) is 16.4. The van der Waals surface area contributed by atoms with Crippen molar-refractivity contribution < 1.29 is 9.21 Å². The van der Waals surface area contributed by atoms with Gasteiger partial charge in [-0.05, 0) is 31.8 Å². The van der Waals surface area contributed by atoms with Crippen LogP contribution in [0.4, 0.5) is 11.8 Å². The number of rotatable bonds is 4. The van der Waals surface area contributed by atoms with Gasteiger partial charge in [0.1, 0.15) is 5.52 Å². The molecule has 140 valence electrons. The normalized spacial score (nSPS) is 23.9. The SMILES string of the molecule is CC1(C)C(=O)NC2=CC(Nc3nc(NC4CCC4)c4occc4n3)=CCC21. The van der Waals surface area contributed by atoms with Gasteiger partial charge >= 0.3 is 0 Å². The van der Waals surface area contributed by atoms with Crippen LogP contribution in [-0.2, 0) is 4.79 Å². The molecule has 2 aromatic heterocycles. The van der Waals surface area contributed by atoms with E-state index in [1.807, 2.05) is 26.0 Å². The highest BCUT2D eigenvalue weighted by Gasteiger charge is 2.45. The number of aromatic nitrogens is 2. The number of carbonyl (C=O) groups excluding carboxylic acids is 1. The van der Waals surface area contributed by atoms with E-state index >= 15 is 0 Å². The molecule has 1 atom stereocenters. The van der Waals surface area contributed by atoms with Crippen LogP contribution in [0.2, 0.25) is 0 Å². The van der Waals surface area contributed by atoms with Gasteiger partial charge in [-0.1, -0.05) is 19.9 Å². The number of hydrogen-bond acceptors (Lipinski definition) is 6. The molecule has 2 aliphatic carbocycles. The molecule has 3 N–H and O–H groups in total. The zero-order chi connectivity index (χ0) is 18.6. The van der Waals surface area contributed by atoms with E-state index in [1.165, 1.54) is 6.42 Å². The molecular formula is C20H23N5O2. The number of hydrogen-bond donors (Lipinski definition) is 3. The van der Waals surface area contributed by atoms with Gasteiger partial charge in [-0.25, -0.2) is 4.98 Å². The fourth-order valence-corrected chi connectivity index (χ4v) is 3.94. The van der Waals surface area contributed by atoms with Crippen LogP contribution < -0.4 is 16.0 Å². The van der Waals surface area contributed by atoms with Gasteiger partial charge < -0.3 is 20.4 Å². The third-order valence-electron chi connectivity index (χ3n) is 5.98. The molecule has 0 radical (unpaired) electrons. The van der Waals surface area contributed by atoms with Crippen LogP contribution in [0.3, 0.4) is 0 Å². The minimum Gasteiger partial charge on any atom is -0.459 e. The Balaban J connectivity index is 1.41. The Hall–Kier alpha value is -2.83. The van der Waals surface area contributed by atoms with Crippen molar-refractivity contribution in [1.82, 2.24) is 15.3 Å². The van der Waals surface area contributed by atoms with Crippen LogP contribution in [-0.4, -0.2) is 21.9 Å². The van der Waals surface area contributed by atoms with Gasteiger partial charge in [0.15, 0.2) is 11.4 Å². The molecule has 1 saturated carbocycles. The van der Waals surface area contributed by atoms with E-state index in [1.54, 1.807) is 6.26 Å². The first-order valence-corrected chi connectivity index (χ1v) is 9.53. The van der Waals surface area contributed by atoms with Crippen molar-refractivity contribution in [2.75, 3.05) is 10.6 Å². The van der Waals surface area contributed by atoms with Crippen molar-refractivity contribution >= 4 is 28.8 Å². The molecule has 0 aromatic carbocycles. The summed E-state index contributed by atoms with van der Waals surface area (Å²) in [6.45, 7) is 3.99. The summed E-state index contributed by atoms with van der Waals surface area (Å²) >= 11 is 0. The highest BCUT2D eigenvalue weighted by Crippen LogP contribution is 2.42. The highest BCUT2D eigenvalue weighted by molar-refractivity contribution is 5.88. The number of fused-ring (bicyclic) bond motifs is 2. The fourth-order valence-electron chi connectivity index (χ4n) is 3.94. The zero-order valence-electron chi connectivity index (χ0n) is 15.5. The molecule has 3 heterocycles. The molecule has 3 aliphatic rings. The van der Waals surface area contributed by atoms with Gasteiger partial charge in [-0.2, -0.15) is 4.98 Å². The molecule has 2 aromatic rings. The second-order valence-electron chi connectivity index (χ2n) is 8.15. The number of carbonyl (C=O) groups is 1. The highest BCUT2D eigenvalue weighted by atomic mass is 16.3. The van der Waals surface area contributed by atoms with Crippen LogP contribution in [0.25, 0.3) is 11.1 Å². The van der Waals surface area contributed by atoms with Crippen molar-refractivity contribution in [1.29, 1.82) is 0 Å². The summed E-state index contributed by atoms with van der Waals surface area (Å²) in [6.07, 6.45) is 10.1. The van der Waals surface area contributed by atoms with Crippen molar-refractivity contribution in [3.8, 4) is 0 Å². The average Bonchev–Trinajstić information content (AvgIpc) is 3.14. The maximum Gasteiger partial charge on any atom is 0.230 e. The molecule has 1 amide bonds. The number of furan rings is 1. The monoisotopic (exact) mass is 365 g/mol. The van der Waals surface area contributed by atoms with Gasteiger partial charge in [-0.15, -0.1) is 0 Å². The molecule has 1 unspecified atom stereocenters. The molecule has 0 spiro atoms. The van der Waals surface area contributed by atoms with Crippen molar-refractivity contribution in [2.24, 2.45) is 11.3 Å². The lowest BCUT2D eigenvalue weighted by atomic mass is 9.76. The molecule has 5 rings (SSSR count). The Bertz CT molecular complexity index is 983. The second kappa shape index (κ2) is 5.84. The van der Waals surface area contributed by atoms with E-state index in [0.29, 0.717) is 17.6 Å². The Labute approximate surface area is 157 Å². The summed E-state index contributed by atoms with van der Waals surface area (Å²) in [5.74, 6) is 1.53. The van der Waals surface area contributed by atoms with Crippen molar-refractivity contribution in [2.45, 2.75) is 45.6 Å². The number of nitrogens with zero attached hydrogens (tertiary/aromatic N) is 2. The number of nitrogens with one attached hydrogen (secondary N) is 3.